The second-order valence-electron chi connectivity index (χ2n) is 5.09. The fourth-order valence-corrected chi connectivity index (χ4v) is 2.38. The summed E-state index contributed by atoms with van der Waals surface area (Å²) in [5.74, 6) is -0.180. The van der Waals surface area contributed by atoms with Gasteiger partial charge in [0.1, 0.15) is 11.4 Å². The molecule has 114 valence electrons. The van der Waals surface area contributed by atoms with Crippen LogP contribution in [0.25, 0.3) is 0 Å². The normalized spacial score (nSPS) is 11.7. The number of hydrogen-bond donors (Lipinski definition) is 0. The van der Waals surface area contributed by atoms with Gasteiger partial charge in [0.05, 0.1) is 11.6 Å². The maximum absolute atomic E-state index is 11.3. The second kappa shape index (κ2) is 10.4. The number of halogens is 1. The summed E-state index contributed by atoms with van der Waals surface area (Å²) in [5, 5.41) is 9.01. The van der Waals surface area contributed by atoms with E-state index >= 15 is 0 Å². The number of nitrogens with zero attached hydrogens (tertiary/aromatic N) is 1. The van der Waals surface area contributed by atoms with Crippen LogP contribution < -0.4 is 0 Å². The lowest BCUT2D eigenvalue weighted by Gasteiger charge is -2.16. The van der Waals surface area contributed by atoms with Crippen LogP contribution in [-0.4, -0.2) is 17.4 Å². The molecule has 0 aliphatic heterocycles. The van der Waals surface area contributed by atoms with Gasteiger partial charge in [-0.15, -0.1) is 0 Å². The summed E-state index contributed by atoms with van der Waals surface area (Å²) in [7, 11) is 0. The number of ether oxygens (including phenoxy) is 1. The molecule has 0 aromatic heterocycles. The molecule has 1 aromatic rings. The van der Waals surface area contributed by atoms with E-state index in [1.165, 1.54) is 5.56 Å². The molecule has 0 saturated heterocycles. The minimum Gasteiger partial charge on any atom is -0.462 e. The van der Waals surface area contributed by atoms with Crippen molar-refractivity contribution < 1.29 is 9.53 Å². The molecular weight excluding hydrogens is 330 g/mol. The highest BCUT2D eigenvalue weighted by Gasteiger charge is 2.12. The summed E-state index contributed by atoms with van der Waals surface area (Å²) < 4.78 is 5.40. The minimum atomic E-state index is -0.180. The van der Waals surface area contributed by atoms with E-state index in [2.05, 4.69) is 28.9 Å². The monoisotopic (exact) mass is 351 g/mol. The largest absolute Gasteiger partial charge is 0.462 e. The van der Waals surface area contributed by atoms with Gasteiger partial charge in [-0.2, -0.15) is 5.26 Å². The average molecular weight is 352 g/mol. The first-order chi connectivity index (χ1) is 10.2. The zero-order valence-electron chi connectivity index (χ0n) is 12.5. The molecule has 0 aliphatic carbocycles. The lowest BCUT2D eigenvalue weighted by Crippen LogP contribution is -2.18. The van der Waals surface area contributed by atoms with Gasteiger partial charge in [-0.05, 0) is 49.8 Å². The van der Waals surface area contributed by atoms with Crippen molar-refractivity contribution in [3.63, 3.8) is 0 Å². The molecule has 3 nitrogen and oxygen atoms in total. The summed E-state index contributed by atoms with van der Waals surface area (Å²) in [6, 6.07) is 9.84. The topological polar surface area (TPSA) is 50.1 Å². The Balaban J connectivity index is 2.29. The predicted octanol–water partition coefficient (Wildman–Crippen LogP) is 4.38. The first kappa shape index (κ1) is 17.7. The summed E-state index contributed by atoms with van der Waals surface area (Å²) >= 11 is 3.12. The van der Waals surface area contributed by atoms with Gasteiger partial charge in [0, 0.05) is 0 Å². The number of nitriles is 1. The van der Waals surface area contributed by atoms with Crippen LogP contribution in [0.2, 0.25) is 0 Å². The summed E-state index contributed by atoms with van der Waals surface area (Å²) in [6.45, 7) is 2.10. The Hall–Kier alpha value is -1.34. The standard InChI is InChI=1S/C17H22BrNO2/c1-2-5-16(21-17(20)12-18)7-4-3-6-14-8-10-15(13-19)11-9-14/h8-11,16H,2-7,12H2,1H3. The predicted molar refractivity (Wildman–Crippen MR) is 87.3 cm³/mol. The fraction of sp³-hybridized carbons (Fsp3) is 0.529. The number of carbonyl (C=O) groups excluding carboxylic acids is 1. The van der Waals surface area contributed by atoms with Crippen LogP contribution in [0.4, 0.5) is 0 Å². The Morgan fingerprint density at radius 1 is 1.29 bits per heavy atom. The molecule has 0 N–H and O–H groups in total. The Labute approximate surface area is 135 Å². The molecule has 0 bridgehead atoms. The summed E-state index contributed by atoms with van der Waals surface area (Å²) in [5.41, 5.74) is 1.95. The molecule has 0 radical (unpaired) electrons. The van der Waals surface area contributed by atoms with E-state index in [0.717, 1.165) is 38.5 Å². The molecule has 1 rings (SSSR count). The Morgan fingerprint density at radius 2 is 2.00 bits per heavy atom. The van der Waals surface area contributed by atoms with Crippen molar-refractivity contribution in [3.8, 4) is 6.07 Å². The third-order valence-corrected chi connectivity index (χ3v) is 3.80. The highest BCUT2D eigenvalue weighted by atomic mass is 79.9. The maximum atomic E-state index is 11.3. The first-order valence-corrected chi connectivity index (χ1v) is 8.56. The van der Waals surface area contributed by atoms with Crippen LogP contribution in [0.15, 0.2) is 24.3 Å². The van der Waals surface area contributed by atoms with Crippen LogP contribution in [0, 0.1) is 11.3 Å². The molecule has 0 aliphatic rings. The third-order valence-electron chi connectivity index (χ3n) is 3.34. The molecule has 21 heavy (non-hydrogen) atoms. The minimum absolute atomic E-state index is 0.0426. The summed E-state index contributed by atoms with van der Waals surface area (Å²) in [6.07, 6.45) is 6.02. The zero-order valence-corrected chi connectivity index (χ0v) is 14.1. The van der Waals surface area contributed by atoms with Crippen molar-refractivity contribution in [3.05, 3.63) is 35.4 Å². The molecule has 1 unspecified atom stereocenters. The fourth-order valence-electron chi connectivity index (χ4n) is 2.25. The molecule has 0 spiro atoms. The SMILES string of the molecule is CCCC(CCCCc1ccc(C#N)cc1)OC(=O)CBr. The number of esters is 1. The van der Waals surface area contributed by atoms with Crippen molar-refractivity contribution in [1.82, 2.24) is 0 Å². The number of unbranched alkanes of at least 4 members (excludes halogenated alkanes) is 1. The molecule has 0 fully saturated rings. The molecule has 4 heteroatoms. The van der Waals surface area contributed by atoms with Gasteiger partial charge in [-0.25, -0.2) is 0 Å². The van der Waals surface area contributed by atoms with E-state index in [1.807, 2.05) is 24.3 Å². The van der Waals surface area contributed by atoms with E-state index in [0.29, 0.717) is 5.56 Å². The van der Waals surface area contributed by atoms with E-state index in [1.54, 1.807) is 0 Å². The molecular formula is C17H22BrNO2. The third kappa shape index (κ3) is 7.29. The van der Waals surface area contributed by atoms with Gasteiger partial charge in [0.25, 0.3) is 0 Å². The van der Waals surface area contributed by atoms with Crippen LogP contribution >= 0.6 is 15.9 Å². The Bertz CT molecular complexity index is 465. The number of benzene rings is 1. The number of hydrogen-bond acceptors (Lipinski definition) is 3. The van der Waals surface area contributed by atoms with Gasteiger partial charge in [-0.1, -0.05) is 41.4 Å². The number of aryl methyl sites for hydroxylation is 1. The van der Waals surface area contributed by atoms with E-state index in [-0.39, 0.29) is 17.4 Å². The smallest absolute Gasteiger partial charge is 0.316 e. The number of alkyl halides is 1. The molecule has 0 heterocycles. The highest BCUT2D eigenvalue weighted by molar-refractivity contribution is 9.09. The molecule has 0 saturated carbocycles. The van der Waals surface area contributed by atoms with Gasteiger partial charge in [-0.3, -0.25) is 4.79 Å². The quantitative estimate of drug-likeness (QED) is 0.377. The van der Waals surface area contributed by atoms with Crippen molar-refractivity contribution in [1.29, 1.82) is 5.26 Å². The van der Waals surface area contributed by atoms with Crippen molar-refractivity contribution in [2.45, 2.75) is 51.6 Å². The lowest BCUT2D eigenvalue weighted by atomic mass is 10.0. The van der Waals surface area contributed by atoms with Gasteiger partial charge < -0.3 is 4.74 Å². The Morgan fingerprint density at radius 3 is 2.57 bits per heavy atom. The highest BCUT2D eigenvalue weighted by Crippen LogP contribution is 2.14. The maximum Gasteiger partial charge on any atom is 0.316 e. The Kier molecular flexibility index (Phi) is 8.77. The van der Waals surface area contributed by atoms with Crippen molar-refractivity contribution >= 4 is 21.9 Å². The van der Waals surface area contributed by atoms with E-state index < -0.39 is 0 Å². The average Bonchev–Trinajstić information content (AvgIpc) is 2.52. The van der Waals surface area contributed by atoms with E-state index in [4.69, 9.17) is 10.00 Å². The lowest BCUT2D eigenvalue weighted by molar-refractivity contribution is -0.146. The van der Waals surface area contributed by atoms with E-state index in [9.17, 15) is 4.79 Å². The van der Waals surface area contributed by atoms with Crippen molar-refractivity contribution in [2.24, 2.45) is 0 Å². The summed E-state index contributed by atoms with van der Waals surface area (Å²) in [4.78, 5) is 11.3. The molecule has 0 amide bonds. The van der Waals surface area contributed by atoms with Crippen LogP contribution in [0.3, 0.4) is 0 Å². The number of carbonyl (C=O) groups is 1. The molecule has 1 atom stereocenters. The van der Waals surface area contributed by atoms with Gasteiger partial charge >= 0.3 is 5.97 Å². The van der Waals surface area contributed by atoms with Crippen LogP contribution in [0.1, 0.15) is 50.2 Å². The second-order valence-corrected chi connectivity index (χ2v) is 5.65. The molecule has 1 aromatic carbocycles. The van der Waals surface area contributed by atoms with Crippen LogP contribution in [0.5, 0.6) is 0 Å². The first-order valence-electron chi connectivity index (χ1n) is 7.44. The number of rotatable bonds is 9. The van der Waals surface area contributed by atoms with Gasteiger partial charge in [0.2, 0.25) is 0 Å². The van der Waals surface area contributed by atoms with Gasteiger partial charge in [0.15, 0.2) is 0 Å². The van der Waals surface area contributed by atoms with Crippen molar-refractivity contribution in [2.75, 3.05) is 5.33 Å². The zero-order chi connectivity index (χ0) is 15.5. The van der Waals surface area contributed by atoms with Crippen LogP contribution in [-0.2, 0) is 16.0 Å².